The van der Waals surface area contributed by atoms with Crippen LogP contribution in [0.5, 0.6) is 5.75 Å². The molecule has 5 heterocycles. The van der Waals surface area contributed by atoms with Crippen molar-refractivity contribution in [3.63, 3.8) is 0 Å². The van der Waals surface area contributed by atoms with Crippen molar-refractivity contribution in [3.05, 3.63) is 71.9 Å². The number of alkyl halides is 2. The summed E-state index contributed by atoms with van der Waals surface area (Å²) in [5.41, 5.74) is 5.44. The Bertz CT molecular complexity index is 1790. The van der Waals surface area contributed by atoms with E-state index in [2.05, 4.69) is 19.6 Å². The average molecular weight is 532 g/mol. The van der Waals surface area contributed by atoms with Crippen molar-refractivity contribution in [1.82, 2.24) is 29.3 Å². The molecule has 2 atom stereocenters. The smallest absolute Gasteiger partial charge is 0.387 e. The van der Waals surface area contributed by atoms with E-state index in [9.17, 15) is 13.3 Å². The highest BCUT2D eigenvalue weighted by atomic mass is 31.2. The number of imidazole rings is 1. The van der Waals surface area contributed by atoms with Crippen LogP contribution < -0.4 is 10.2 Å². The number of aromatic nitrogens is 6. The highest BCUT2D eigenvalue weighted by molar-refractivity contribution is 7.69. The van der Waals surface area contributed by atoms with Crippen LogP contribution in [0.3, 0.4) is 0 Å². The van der Waals surface area contributed by atoms with E-state index in [0.717, 1.165) is 33.5 Å². The molecule has 11 heteroatoms. The lowest BCUT2D eigenvalue weighted by Gasteiger charge is -2.21. The maximum Gasteiger partial charge on any atom is 0.387 e. The van der Waals surface area contributed by atoms with Crippen molar-refractivity contribution < 1.29 is 18.1 Å². The Morgan fingerprint density at radius 3 is 2.61 bits per heavy atom. The minimum Gasteiger partial charge on any atom is -0.434 e. The number of rotatable bonds is 4. The third kappa shape index (κ3) is 3.43. The Morgan fingerprint density at radius 1 is 1.05 bits per heavy atom. The second kappa shape index (κ2) is 8.04. The highest BCUT2D eigenvalue weighted by Gasteiger charge is 2.43. The van der Waals surface area contributed by atoms with Gasteiger partial charge in [-0.05, 0) is 50.1 Å². The van der Waals surface area contributed by atoms with Crippen molar-refractivity contribution in [2.24, 2.45) is 0 Å². The summed E-state index contributed by atoms with van der Waals surface area (Å²) >= 11 is 0. The summed E-state index contributed by atoms with van der Waals surface area (Å²) in [7, 11) is -2.46. The standard InChI is InChI=1S/C27H23F2N6O2P/c1-14-31-25-17-5-4-6-22(37-27(28)29)24(17)20-12-21(35(25)33-14)26-32-18-9-7-15(11-19(18)34(20)26)16-8-10-23(30-13-16)38(2,3)36/h4-11,13,20-21,27H,12H2,1-3H3/t20-,21+/m1/s1. The molecule has 2 aromatic carbocycles. The van der Waals surface area contributed by atoms with Crippen molar-refractivity contribution in [1.29, 1.82) is 0 Å². The summed E-state index contributed by atoms with van der Waals surface area (Å²) in [5.74, 6) is 2.15. The molecule has 0 aliphatic carbocycles. The number of aryl methyl sites for hydroxylation is 1. The molecule has 0 unspecified atom stereocenters. The van der Waals surface area contributed by atoms with Gasteiger partial charge in [0.15, 0.2) is 5.82 Å². The number of fused-ring (bicyclic) bond motifs is 6. The zero-order valence-electron chi connectivity index (χ0n) is 20.8. The third-order valence-corrected chi connectivity index (χ3v) is 8.66. The molecule has 7 rings (SSSR count). The summed E-state index contributed by atoms with van der Waals surface area (Å²) in [6.07, 6.45) is 2.32. The van der Waals surface area contributed by atoms with Gasteiger partial charge in [0.1, 0.15) is 30.6 Å². The second-order valence-corrected chi connectivity index (χ2v) is 13.2. The number of nitrogens with zero attached hydrogens (tertiary/aromatic N) is 6. The molecular weight excluding hydrogens is 509 g/mol. The molecule has 2 aliphatic rings. The van der Waals surface area contributed by atoms with E-state index in [1.165, 1.54) is 0 Å². The fraction of sp³-hybridized carbons (Fsp3) is 0.259. The Morgan fingerprint density at radius 2 is 1.87 bits per heavy atom. The van der Waals surface area contributed by atoms with Gasteiger partial charge in [0.05, 0.1) is 22.5 Å². The summed E-state index contributed by atoms with van der Waals surface area (Å²) in [4.78, 5) is 14.0. The van der Waals surface area contributed by atoms with E-state index in [-0.39, 0.29) is 17.8 Å². The fourth-order valence-electron chi connectivity index (χ4n) is 5.72. The van der Waals surface area contributed by atoms with Crippen LogP contribution in [0.2, 0.25) is 0 Å². The average Bonchev–Trinajstić information content (AvgIpc) is 3.52. The zero-order chi connectivity index (χ0) is 26.3. The maximum atomic E-state index is 13.5. The lowest BCUT2D eigenvalue weighted by Crippen LogP contribution is -2.14. The first-order valence-corrected chi connectivity index (χ1v) is 14.8. The summed E-state index contributed by atoms with van der Waals surface area (Å²) in [5, 5.41) is 4.67. The number of hydrogen-bond acceptors (Lipinski definition) is 6. The summed E-state index contributed by atoms with van der Waals surface area (Å²) < 4.78 is 48.3. The largest absolute Gasteiger partial charge is 0.434 e. The minimum absolute atomic E-state index is 0.129. The van der Waals surface area contributed by atoms with Gasteiger partial charge in [0.25, 0.3) is 0 Å². The molecule has 192 valence electrons. The van der Waals surface area contributed by atoms with Crippen LogP contribution >= 0.6 is 7.14 Å². The van der Waals surface area contributed by atoms with Gasteiger partial charge in [0.2, 0.25) is 0 Å². The van der Waals surface area contributed by atoms with Crippen LogP contribution in [0.4, 0.5) is 8.78 Å². The minimum atomic E-state index is -2.95. The van der Waals surface area contributed by atoms with Crippen molar-refractivity contribution >= 4 is 23.6 Å². The van der Waals surface area contributed by atoms with E-state index >= 15 is 0 Å². The molecule has 0 spiro atoms. The molecule has 0 saturated carbocycles. The Labute approximate surface area is 216 Å². The second-order valence-electron chi connectivity index (χ2n) is 10.1. The number of hydrogen-bond donors (Lipinski definition) is 0. The zero-order valence-corrected chi connectivity index (χ0v) is 21.7. The van der Waals surface area contributed by atoms with E-state index in [4.69, 9.17) is 9.72 Å². The first kappa shape index (κ1) is 23.2. The number of ether oxygens (including phenoxy) is 1. The molecule has 2 bridgehead atoms. The highest BCUT2D eigenvalue weighted by Crippen LogP contribution is 2.52. The van der Waals surface area contributed by atoms with Gasteiger partial charge in [-0.2, -0.15) is 13.9 Å². The van der Waals surface area contributed by atoms with Gasteiger partial charge in [0, 0.05) is 29.3 Å². The van der Waals surface area contributed by atoms with E-state index in [1.807, 2.05) is 41.9 Å². The third-order valence-electron chi connectivity index (χ3n) is 7.29. The summed E-state index contributed by atoms with van der Waals surface area (Å²) in [6.45, 7) is 2.26. The van der Waals surface area contributed by atoms with E-state index in [0.29, 0.717) is 29.1 Å². The van der Waals surface area contributed by atoms with Crippen LogP contribution in [0.1, 0.15) is 35.7 Å². The van der Waals surface area contributed by atoms with E-state index < -0.39 is 13.8 Å². The first-order valence-electron chi connectivity index (χ1n) is 12.2. The van der Waals surface area contributed by atoms with Crippen LogP contribution in [0.25, 0.3) is 33.5 Å². The molecular formula is C27H23F2N6O2P. The van der Waals surface area contributed by atoms with Gasteiger partial charge in [-0.25, -0.2) is 14.6 Å². The quantitative estimate of drug-likeness (QED) is 0.288. The van der Waals surface area contributed by atoms with Crippen molar-refractivity contribution in [2.45, 2.75) is 32.0 Å². The van der Waals surface area contributed by atoms with Crippen LogP contribution in [-0.4, -0.2) is 49.2 Å². The SMILES string of the molecule is Cc1nc2n(n1)[C@H]1C[C@H](c3c(OC(F)F)cccc3-2)n2c1nc1ccc(-c3ccc(P(C)(C)=O)nc3)cc12. The molecule has 0 saturated heterocycles. The molecule has 0 amide bonds. The van der Waals surface area contributed by atoms with Crippen molar-refractivity contribution in [2.75, 3.05) is 13.3 Å². The van der Waals surface area contributed by atoms with Crippen LogP contribution in [0, 0.1) is 6.92 Å². The monoisotopic (exact) mass is 532 g/mol. The first-order chi connectivity index (χ1) is 18.2. The molecule has 5 aromatic rings. The van der Waals surface area contributed by atoms with Gasteiger partial charge in [-0.15, -0.1) is 0 Å². The Kier molecular flexibility index (Phi) is 4.92. The van der Waals surface area contributed by atoms with Gasteiger partial charge in [-0.1, -0.05) is 24.3 Å². The van der Waals surface area contributed by atoms with Crippen LogP contribution in [0.15, 0.2) is 54.7 Å². The molecule has 3 aromatic heterocycles. The lowest BCUT2D eigenvalue weighted by atomic mass is 9.97. The molecule has 0 radical (unpaired) electrons. The molecule has 8 nitrogen and oxygen atoms in total. The normalized spacial score (nSPS) is 17.8. The molecule has 2 aliphatic heterocycles. The van der Waals surface area contributed by atoms with E-state index in [1.54, 1.807) is 37.7 Å². The Balaban J connectivity index is 1.44. The van der Waals surface area contributed by atoms with Gasteiger partial charge in [-0.3, -0.25) is 4.98 Å². The number of benzene rings is 2. The predicted octanol–water partition coefficient (Wildman–Crippen LogP) is 5.41. The molecule has 0 fully saturated rings. The predicted molar refractivity (Wildman–Crippen MR) is 140 cm³/mol. The summed E-state index contributed by atoms with van der Waals surface area (Å²) in [6, 6.07) is 14.4. The topological polar surface area (TPSA) is 87.7 Å². The number of pyridine rings is 1. The van der Waals surface area contributed by atoms with Gasteiger partial charge < -0.3 is 13.9 Å². The fourth-order valence-corrected chi connectivity index (χ4v) is 6.49. The van der Waals surface area contributed by atoms with Gasteiger partial charge >= 0.3 is 6.61 Å². The van der Waals surface area contributed by atoms with Crippen molar-refractivity contribution in [3.8, 4) is 28.3 Å². The lowest BCUT2D eigenvalue weighted by molar-refractivity contribution is -0.0506. The maximum absolute atomic E-state index is 13.5. The number of halogens is 2. The Hall–Kier alpha value is -3.91. The van der Waals surface area contributed by atoms with Crippen LogP contribution in [-0.2, 0) is 4.57 Å². The molecule has 0 N–H and O–H groups in total. The molecule has 38 heavy (non-hydrogen) atoms.